The molecule has 2 aliphatic rings. The number of nitrogens with zero attached hydrogens (tertiary/aromatic N) is 4. The number of H-pyrrole nitrogens is 1. The predicted octanol–water partition coefficient (Wildman–Crippen LogP) is 5.47. The van der Waals surface area contributed by atoms with Crippen molar-refractivity contribution in [3.05, 3.63) is 70.6 Å². The average Bonchev–Trinajstić information content (AvgIpc) is 3.64. The van der Waals surface area contributed by atoms with Gasteiger partial charge in [-0.3, -0.25) is 10.00 Å². The van der Waals surface area contributed by atoms with E-state index in [2.05, 4.69) is 55.0 Å². The second kappa shape index (κ2) is 9.56. The van der Waals surface area contributed by atoms with Crippen molar-refractivity contribution >= 4 is 38.6 Å². The normalized spacial score (nSPS) is 18.2. The molecular weight excluding hydrogens is 496 g/mol. The fourth-order valence-corrected chi connectivity index (χ4v) is 6.83. The first-order valence-corrected chi connectivity index (χ1v) is 14.2. The van der Waals surface area contributed by atoms with E-state index in [9.17, 15) is 4.79 Å². The van der Waals surface area contributed by atoms with E-state index in [4.69, 9.17) is 4.42 Å². The fourth-order valence-electron chi connectivity index (χ4n) is 5.88. The highest BCUT2D eigenvalue weighted by Gasteiger charge is 2.29. The fraction of sp³-hybridized carbons (Fsp3) is 0.345. The molecular formula is C29H30N6O2S. The van der Waals surface area contributed by atoms with E-state index >= 15 is 0 Å². The molecule has 1 fully saturated rings. The number of piperidine rings is 1. The van der Waals surface area contributed by atoms with E-state index < -0.39 is 0 Å². The molecule has 7 rings (SSSR count). The summed E-state index contributed by atoms with van der Waals surface area (Å²) in [4.78, 5) is 22.2. The van der Waals surface area contributed by atoms with Crippen LogP contribution in [0.2, 0.25) is 0 Å². The first-order chi connectivity index (χ1) is 18.6. The number of carbonyl (C=O) groups is 1. The highest BCUT2D eigenvalue weighted by Crippen LogP contribution is 2.31. The minimum atomic E-state index is 0.0122. The Hall–Kier alpha value is -3.69. The van der Waals surface area contributed by atoms with Crippen LogP contribution in [0.25, 0.3) is 32.4 Å². The third-order valence-corrected chi connectivity index (χ3v) is 8.79. The van der Waals surface area contributed by atoms with Gasteiger partial charge in [0.1, 0.15) is 5.52 Å². The summed E-state index contributed by atoms with van der Waals surface area (Å²) in [7, 11) is 0. The molecule has 3 aromatic heterocycles. The summed E-state index contributed by atoms with van der Waals surface area (Å²) < 4.78 is 6.96. The third kappa shape index (κ3) is 4.35. The summed E-state index contributed by atoms with van der Waals surface area (Å²) in [6.45, 7) is 5.94. The first-order valence-electron chi connectivity index (χ1n) is 13.3. The van der Waals surface area contributed by atoms with Gasteiger partial charge < -0.3 is 14.6 Å². The largest absolute Gasteiger partial charge is 0.441 e. The van der Waals surface area contributed by atoms with Crippen LogP contribution in [-0.4, -0.2) is 56.7 Å². The second-order valence-corrected chi connectivity index (χ2v) is 11.3. The summed E-state index contributed by atoms with van der Waals surface area (Å²) >= 11 is 1.81. The molecule has 2 amide bonds. The molecule has 0 unspecified atom stereocenters. The van der Waals surface area contributed by atoms with Gasteiger partial charge in [-0.05, 0) is 60.0 Å². The number of aryl methyl sites for hydroxylation is 1. The Balaban J connectivity index is 1.02. The Morgan fingerprint density at radius 1 is 1.24 bits per heavy atom. The van der Waals surface area contributed by atoms with Gasteiger partial charge >= 0.3 is 6.03 Å². The van der Waals surface area contributed by atoms with Gasteiger partial charge in [-0.2, -0.15) is 5.10 Å². The Bertz CT molecular complexity index is 1630. The molecule has 0 radical (unpaired) electrons. The molecule has 2 N–H and O–H groups in total. The number of thiophene rings is 1. The van der Waals surface area contributed by atoms with Crippen LogP contribution in [0.5, 0.6) is 0 Å². The maximum absolute atomic E-state index is 13.4. The monoisotopic (exact) mass is 526 g/mol. The molecule has 38 heavy (non-hydrogen) atoms. The smallest absolute Gasteiger partial charge is 0.317 e. The van der Waals surface area contributed by atoms with E-state index in [1.165, 1.54) is 15.6 Å². The quantitative estimate of drug-likeness (QED) is 0.324. The van der Waals surface area contributed by atoms with Gasteiger partial charge in [0.05, 0.1) is 12.2 Å². The number of oxazole rings is 1. The molecule has 5 heterocycles. The summed E-state index contributed by atoms with van der Waals surface area (Å²) in [5.41, 5.74) is 7.02. The second-order valence-electron chi connectivity index (χ2n) is 10.4. The number of likely N-dealkylation sites (tertiary alicyclic amines) is 1. The maximum Gasteiger partial charge on any atom is 0.317 e. The number of fused-ring (bicyclic) bond motifs is 3. The third-order valence-electron chi connectivity index (χ3n) is 7.78. The highest BCUT2D eigenvalue weighted by molar-refractivity contribution is 7.17. The number of carbonyl (C=O) groups excluding carboxylic acids is 1. The van der Waals surface area contributed by atoms with E-state index in [-0.39, 0.29) is 12.1 Å². The van der Waals surface area contributed by atoms with Crippen molar-refractivity contribution in [1.29, 1.82) is 0 Å². The molecule has 8 nitrogen and oxygen atoms in total. The lowest BCUT2D eigenvalue weighted by Gasteiger charge is -2.35. The van der Waals surface area contributed by atoms with Crippen LogP contribution in [0.4, 0.5) is 4.79 Å². The zero-order valence-corrected chi connectivity index (χ0v) is 22.2. The van der Waals surface area contributed by atoms with Crippen LogP contribution in [0, 0.1) is 6.92 Å². The number of nitrogens with one attached hydrogen (secondary N) is 2. The molecule has 2 aliphatic heterocycles. The first kappa shape index (κ1) is 23.4. The van der Waals surface area contributed by atoms with Crippen LogP contribution in [-0.2, 0) is 19.5 Å². The number of aromatic nitrogens is 3. The van der Waals surface area contributed by atoms with Gasteiger partial charge in [0.25, 0.3) is 0 Å². The maximum atomic E-state index is 13.4. The average molecular weight is 527 g/mol. The Kier molecular flexibility index (Phi) is 5.89. The molecule has 0 spiro atoms. The van der Waals surface area contributed by atoms with Crippen molar-refractivity contribution < 1.29 is 9.21 Å². The molecule has 5 aromatic rings. The van der Waals surface area contributed by atoms with Crippen LogP contribution >= 0.6 is 11.3 Å². The SMILES string of the molecule is Cc1nc2cc(-c3n[nH]c4c3CN(C(=O)N[C@@H]3CCCN(Cc5csc6ccccc56)C3)CC4)ccc2o1. The topological polar surface area (TPSA) is 90.3 Å². The molecule has 0 aliphatic carbocycles. The zero-order chi connectivity index (χ0) is 25.6. The minimum absolute atomic E-state index is 0.0122. The predicted molar refractivity (Wildman–Crippen MR) is 149 cm³/mol. The van der Waals surface area contributed by atoms with Crippen LogP contribution in [0.15, 0.2) is 52.3 Å². The lowest BCUT2D eigenvalue weighted by Crippen LogP contribution is -2.52. The number of amides is 2. The van der Waals surface area contributed by atoms with Crippen molar-refractivity contribution in [3.63, 3.8) is 0 Å². The van der Waals surface area contributed by atoms with E-state index in [0.717, 1.165) is 72.5 Å². The Morgan fingerprint density at radius 3 is 3.11 bits per heavy atom. The molecule has 1 atom stereocenters. The van der Waals surface area contributed by atoms with Crippen molar-refractivity contribution in [1.82, 2.24) is 30.3 Å². The molecule has 2 aromatic carbocycles. The standard InChI is InChI=1S/C29H30N6O2S/c1-18-30-25-13-19(8-9-26(25)37-18)28-23-16-35(12-10-24(23)32-33-28)29(36)31-21-5-4-11-34(15-21)14-20-17-38-27-7-3-2-6-22(20)27/h2-3,6-9,13,17,21H,4-5,10-12,14-16H2,1H3,(H,31,36)(H,32,33)/t21-/m1/s1. The lowest BCUT2D eigenvalue weighted by molar-refractivity contribution is 0.160. The minimum Gasteiger partial charge on any atom is -0.441 e. The molecule has 0 saturated carbocycles. The number of hydrogen-bond donors (Lipinski definition) is 2. The van der Waals surface area contributed by atoms with Gasteiger partial charge in [-0.25, -0.2) is 9.78 Å². The summed E-state index contributed by atoms with van der Waals surface area (Å²) in [6.07, 6.45) is 2.87. The Morgan fingerprint density at radius 2 is 2.16 bits per heavy atom. The molecule has 194 valence electrons. The van der Waals surface area contributed by atoms with Gasteiger partial charge in [-0.15, -0.1) is 11.3 Å². The molecule has 0 bridgehead atoms. The molecule has 9 heteroatoms. The van der Waals surface area contributed by atoms with Crippen LogP contribution in [0.3, 0.4) is 0 Å². The summed E-state index contributed by atoms with van der Waals surface area (Å²) in [5.74, 6) is 0.647. The van der Waals surface area contributed by atoms with Crippen molar-refractivity contribution in [3.8, 4) is 11.3 Å². The van der Waals surface area contributed by atoms with Gasteiger partial charge in [0, 0.05) is 60.5 Å². The lowest BCUT2D eigenvalue weighted by atomic mass is 10.0. The van der Waals surface area contributed by atoms with Gasteiger partial charge in [0.15, 0.2) is 11.5 Å². The molecule has 1 saturated heterocycles. The number of urea groups is 1. The van der Waals surface area contributed by atoms with Crippen molar-refractivity contribution in [2.75, 3.05) is 19.6 Å². The summed E-state index contributed by atoms with van der Waals surface area (Å²) in [5, 5.41) is 14.8. The van der Waals surface area contributed by atoms with Crippen molar-refractivity contribution in [2.24, 2.45) is 0 Å². The van der Waals surface area contributed by atoms with E-state index in [1.807, 2.05) is 41.4 Å². The van der Waals surface area contributed by atoms with Gasteiger partial charge in [-0.1, -0.05) is 18.2 Å². The number of rotatable bonds is 4. The number of benzene rings is 2. The summed E-state index contributed by atoms with van der Waals surface area (Å²) in [6, 6.07) is 14.7. The van der Waals surface area contributed by atoms with Crippen LogP contribution < -0.4 is 5.32 Å². The van der Waals surface area contributed by atoms with Crippen LogP contribution in [0.1, 0.15) is 35.6 Å². The van der Waals surface area contributed by atoms with E-state index in [0.29, 0.717) is 19.0 Å². The number of aromatic amines is 1. The number of hydrogen-bond acceptors (Lipinski definition) is 6. The van der Waals surface area contributed by atoms with E-state index in [1.54, 1.807) is 0 Å². The van der Waals surface area contributed by atoms with Gasteiger partial charge in [0.2, 0.25) is 0 Å². The highest BCUT2D eigenvalue weighted by atomic mass is 32.1. The Labute approximate surface area is 224 Å². The van der Waals surface area contributed by atoms with Crippen molar-refractivity contribution in [2.45, 2.75) is 45.3 Å². The zero-order valence-electron chi connectivity index (χ0n) is 21.4.